The van der Waals surface area contributed by atoms with E-state index >= 15 is 0 Å². The number of hydrogen-bond donors (Lipinski definition) is 0. The first-order valence-corrected chi connectivity index (χ1v) is 13.9. The Hall–Kier alpha value is -5.20. The Bertz CT molecular complexity index is 2190. The van der Waals surface area contributed by atoms with Crippen LogP contribution in [0, 0.1) is 0 Å². The molecule has 0 unspecified atom stereocenters. The van der Waals surface area contributed by atoms with E-state index in [0.29, 0.717) is 0 Å². The highest BCUT2D eigenvalue weighted by atomic mass is 14.2. The fraction of sp³-hybridized carbons (Fsp3) is 0. The highest BCUT2D eigenvalue weighted by Gasteiger charge is 2.16. The molecule has 0 saturated carbocycles. The summed E-state index contributed by atoms with van der Waals surface area (Å²) in [6.07, 6.45) is 0. The largest absolute Gasteiger partial charge is 0.0622 e. The van der Waals surface area contributed by atoms with E-state index in [1.165, 1.54) is 76.5 Å². The van der Waals surface area contributed by atoms with Crippen LogP contribution in [-0.2, 0) is 0 Å². The minimum atomic E-state index is 1.24. The van der Waals surface area contributed by atoms with Gasteiger partial charge in [0.15, 0.2) is 0 Å². The van der Waals surface area contributed by atoms with Gasteiger partial charge >= 0.3 is 0 Å². The van der Waals surface area contributed by atoms with Gasteiger partial charge in [0.05, 0.1) is 0 Å². The molecule has 0 saturated heterocycles. The molecular weight excluding hydrogens is 480 g/mol. The predicted molar refractivity (Wildman–Crippen MR) is 173 cm³/mol. The maximum atomic E-state index is 2.41. The lowest BCUT2D eigenvalue weighted by Crippen LogP contribution is -1.90. The number of rotatable bonds is 3. The summed E-state index contributed by atoms with van der Waals surface area (Å²) < 4.78 is 0. The summed E-state index contributed by atoms with van der Waals surface area (Å²) in [7, 11) is 0. The van der Waals surface area contributed by atoms with E-state index in [-0.39, 0.29) is 0 Å². The zero-order valence-electron chi connectivity index (χ0n) is 22.0. The number of benzene rings is 8. The van der Waals surface area contributed by atoms with Crippen molar-refractivity contribution in [1.82, 2.24) is 0 Å². The van der Waals surface area contributed by atoms with Crippen molar-refractivity contribution in [1.29, 1.82) is 0 Å². The molecule has 0 aliphatic rings. The number of fused-ring (bicyclic) bond motifs is 8. The van der Waals surface area contributed by atoms with Crippen LogP contribution in [0.1, 0.15) is 0 Å². The van der Waals surface area contributed by atoms with Gasteiger partial charge in [-0.3, -0.25) is 0 Å². The molecule has 0 atom stereocenters. The predicted octanol–water partition coefficient (Wildman–Crippen LogP) is 11.3. The van der Waals surface area contributed by atoms with Crippen molar-refractivity contribution in [2.75, 3.05) is 0 Å². The van der Waals surface area contributed by atoms with Crippen LogP contribution in [0.3, 0.4) is 0 Å². The SMILES string of the molecule is c1ccc(-c2ccccc2-c2ccc3c(c2)c2ccccc2c2cc(-c4ccccc4)c4ccccc4c32)cc1. The molecular formula is C40H26. The van der Waals surface area contributed by atoms with E-state index in [0.717, 1.165) is 0 Å². The van der Waals surface area contributed by atoms with Crippen LogP contribution >= 0.6 is 0 Å². The lowest BCUT2D eigenvalue weighted by Gasteiger charge is -2.17. The minimum Gasteiger partial charge on any atom is -0.0622 e. The molecule has 0 aliphatic carbocycles. The van der Waals surface area contributed by atoms with Crippen LogP contribution in [0.5, 0.6) is 0 Å². The molecule has 0 N–H and O–H groups in total. The quantitative estimate of drug-likeness (QED) is 0.209. The fourth-order valence-electron chi connectivity index (χ4n) is 6.44. The van der Waals surface area contributed by atoms with Crippen molar-refractivity contribution in [2.24, 2.45) is 0 Å². The Morgan fingerprint density at radius 2 is 0.700 bits per heavy atom. The standard InChI is InChI=1S/C40H26/c1-3-13-27(14-4-1)30-17-7-8-18-31(30)29-23-24-36-38(25-29)32-19-9-10-20-33(32)39-26-37(28-15-5-2-6-16-28)34-21-11-12-22-35(34)40(36)39/h1-26H. The Morgan fingerprint density at radius 3 is 1.38 bits per heavy atom. The molecule has 0 aromatic heterocycles. The molecule has 0 fully saturated rings. The summed E-state index contributed by atoms with van der Waals surface area (Å²) in [6, 6.07) is 57.4. The van der Waals surface area contributed by atoms with Crippen LogP contribution in [0.15, 0.2) is 158 Å². The van der Waals surface area contributed by atoms with E-state index in [1.54, 1.807) is 0 Å². The van der Waals surface area contributed by atoms with Gasteiger partial charge in [0.1, 0.15) is 0 Å². The van der Waals surface area contributed by atoms with Crippen molar-refractivity contribution in [3.05, 3.63) is 158 Å². The third-order valence-electron chi connectivity index (χ3n) is 8.25. The first kappa shape index (κ1) is 22.8. The molecule has 8 aromatic carbocycles. The van der Waals surface area contributed by atoms with Gasteiger partial charge in [0.2, 0.25) is 0 Å². The summed E-state index contributed by atoms with van der Waals surface area (Å²) in [5, 5.41) is 10.4. The highest BCUT2D eigenvalue weighted by Crippen LogP contribution is 2.44. The molecule has 0 aliphatic heterocycles. The molecule has 0 nitrogen and oxygen atoms in total. The molecule has 0 spiro atoms. The average Bonchev–Trinajstić information content (AvgIpc) is 3.05. The molecule has 8 rings (SSSR count). The highest BCUT2D eigenvalue weighted by molar-refractivity contribution is 6.33. The van der Waals surface area contributed by atoms with Gasteiger partial charge in [-0.05, 0) is 88.6 Å². The van der Waals surface area contributed by atoms with Crippen LogP contribution in [0.4, 0.5) is 0 Å². The van der Waals surface area contributed by atoms with Crippen LogP contribution in [0.2, 0.25) is 0 Å². The third kappa shape index (κ3) is 3.54. The fourth-order valence-corrected chi connectivity index (χ4v) is 6.44. The van der Waals surface area contributed by atoms with Crippen molar-refractivity contribution >= 4 is 43.1 Å². The summed E-state index contributed by atoms with van der Waals surface area (Å²) in [5.74, 6) is 0. The van der Waals surface area contributed by atoms with Crippen molar-refractivity contribution in [2.45, 2.75) is 0 Å². The number of hydrogen-bond acceptors (Lipinski definition) is 0. The maximum absolute atomic E-state index is 2.41. The van der Waals surface area contributed by atoms with E-state index in [1.807, 2.05) is 0 Å². The topological polar surface area (TPSA) is 0 Å². The summed E-state index contributed by atoms with van der Waals surface area (Å²) in [4.78, 5) is 0. The van der Waals surface area contributed by atoms with E-state index in [4.69, 9.17) is 0 Å². The van der Waals surface area contributed by atoms with E-state index < -0.39 is 0 Å². The van der Waals surface area contributed by atoms with Crippen LogP contribution in [-0.4, -0.2) is 0 Å². The molecule has 0 amide bonds. The first-order chi connectivity index (χ1) is 19.9. The average molecular weight is 507 g/mol. The van der Waals surface area contributed by atoms with Crippen LogP contribution in [0.25, 0.3) is 76.5 Å². The monoisotopic (exact) mass is 506 g/mol. The van der Waals surface area contributed by atoms with Crippen LogP contribution < -0.4 is 0 Å². The van der Waals surface area contributed by atoms with Gasteiger partial charge in [0.25, 0.3) is 0 Å². The summed E-state index contributed by atoms with van der Waals surface area (Å²) >= 11 is 0. The molecule has 0 heterocycles. The van der Waals surface area contributed by atoms with Crippen molar-refractivity contribution in [3.63, 3.8) is 0 Å². The Kier molecular flexibility index (Phi) is 5.24. The second-order valence-electron chi connectivity index (χ2n) is 10.5. The molecule has 40 heavy (non-hydrogen) atoms. The normalized spacial score (nSPS) is 11.5. The molecule has 0 heteroatoms. The summed E-state index contributed by atoms with van der Waals surface area (Å²) in [5.41, 5.74) is 7.51. The second-order valence-corrected chi connectivity index (χ2v) is 10.5. The minimum absolute atomic E-state index is 1.24. The van der Waals surface area contributed by atoms with Gasteiger partial charge in [-0.2, -0.15) is 0 Å². The lowest BCUT2D eigenvalue weighted by molar-refractivity contribution is 1.60. The molecule has 186 valence electrons. The lowest BCUT2D eigenvalue weighted by atomic mass is 9.86. The zero-order valence-corrected chi connectivity index (χ0v) is 22.0. The van der Waals surface area contributed by atoms with Gasteiger partial charge in [-0.25, -0.2) is 0 Å². The first-order valence-electron chi connectivity index (χ1n) is 13.9. The summed E-state index contributed by atoms with van der Waals surface area (Å²) in [6.45, 7) is 0. The van der Waals surface area contributed by atoms with E-state index in [2.05, 4.69) is 158 Å². The van der Waals surface area contributed by atoms with Gasteiger partial charge in [-0.15, -0.1) is 0 Å². The maximum Gasteiger partial charge on any atom is -0.00199 e. The van der Waals surface area contributed by atoms with E-state index in [9.17, 15) is 0 Å². The van der Waals surface area contributed by atoms with Crippen molar-refractivity contribution in [3.8, 4) is 33.4 Å². The van der Waals surface area contributed by atoms with Gasteiger partial charge in [-0.1, -0.05) is 146 Å². The Balaban J connectivity index is 1.49. The smallest absolute Gasteiger partial charge is 0.00199 e. The van der Waals surface area contributed by atoms with Gasteiger partial charge < -0.3 is 0 Å². The second kappa shape index (κ2) is 9.22. The Labute approximate surface area is 233 Å². The molecule has 8 aromatic rings. The molecule has 0 radical (unpaired) electrons. The molecule has 0 bridgehead atoms. The van der Waals surface area contributed by atoms with Gasteiger partial charge in [0, 0.05) is 0 Å². The Morgan fingerprint density at radius 1 is 0.225 bits per heavy atom. The van der Waals surface area contributed by atoms with Crippen molar-refractivity contribution < 1.29 is 0 Å². The zero-order chi connectivity index (χ0) is 26.5. The third-order valence-corrected chi connectivity index (χ3v) is 8.25.